The van der Waals surface area contributed by atoms with E-state index in [1.165, 1.54) is 0 Å². The molecule has 2 aromatic rings. The number of nitrogen functional groups attached to an aromatic ring is 1. The Labute approximate surface area is 127 Å². The standard InChI is InChI=1S/C11H11Br2N5O/c1-19-9-4-6(2-3-7(9)12)16-10-8(13)5-15-11(17-10)18-14/h2-5H,14H2,1H3,(H2,15,16,17,18). The van der Waals surface area contributed by atoms with Gasteiger partial charge in [0.2, 0.25) is 5.95 Å². The number of hydrogen-bond acceptors (Lipinski definition) is 6. The number of rotatable bonds is 4. The number of hydrazine groups is 1. The van der Waals surface area contributed by atoms with Gasteiger partial charge in [-0.05, 0) is 44.0 Å². The molecule has 6 nitrogen and oxygen atoms in total. The van der Waals surface area contributed by atoms with Crippen LogP contribution in [-0.4, -0.2) is 17.1 Å². The predicted molar refractivity (Wildman–Crippen MR) is 81.5 cm³/mol. The normalized spacial score (nSPS) is 10.1. The maximum Gasteiger partial charge on any atom is 0.239 e. The lowest BCUT2D eigenvalue weighted by atomic mass is 10.3. The Morgan fingerprint density at radius 3 is 2.74 bits per heavy atom. The van der Waals surface area contributed by atoms with Gasteiger partial charge in [0, 0.05) is 18.0 Å². The van der Waals surface area contributed by atoms with Crippen molar-refractivity contribution in [2.75, 3.05) is 17.9 Å². The van der Waals surface area contributed by atoms with Crippen molar-refractivity contribution in [1.29, 1.82) is 0 Å². The molecule has 19 heavy (non-hydrogen) atoms. The van der Waals surface area contributed by atoms with Gasteiger partial charge in [0.25, 0.3) is 0 Å². The van der Waals surface area contributed by atoms with Gasteiger partial charge in [-0.25, -0.2) is 10.8 Å². The first kappa shape index (κ1) is 14.0. The molecular weight excluding hydrogens is 378 g/mol. The Balaban J connectivity index is 2.30. The lowest BCUT2D eigenvalue weighted by Gasteiger charge is -2.10. The number of anilines is 3. The Bertz CT molecular complexity index is 593. The first-order valence-electron chi connectivity index (χ1n) is 5.23. The van der Waals surface area contributed by atoms with E-state index < -0.39 is 0 Å². The lowest BCUT2D eigenvalue weighted by Crippen LogP contribution is -2.11. The van der Waals surface area contributed by atoms with E-state index in [4.69, 9.17) is 10.6 Å². The second-order valence-electron chi connectivity index (χ2n) is 3.51. The first-order chi connectivity index (χ1) is 9.13. The van der Waals surface area contributed by atoms with Crippen LogP contribution in [0, 0.1) is 0 Å². The first-order valence-corrected chi connectivity index (χ1v) is 6.82. The number of nitrogens with two attached hydrogens (primary N) is 1. The summed E-state index contributed by atoms with van der Waals surface area (Å²) in [4.78, 5) is 8.19. The monoisotopic (exact) mass is 387 g/mol. The zero-order valence-corrected chi connectivity index (χ0v) is 13.1. The van der Waals surface area contributed by atoms with Crippen molar-refractivity contribution in [3.63, 3.8) is 0 Å². The number of ether oxygens (including phenoxy) is 1. The van der Waals surface area contributed by atoms with E-state index in [2.05, 4.69) is 52.6 Å². The molecule has 1 aromatic carbocycles. The van der Waals surface area contributed by atoms with E-state index in [1.54, 1.807) is 13.3 Å². The number of aromatic nitrogens is 2. The van der Waals surface area contributed by atoms with E-state index in [0.717, 1.165) is 20.4 Å². The summed E-state index contributed by atoms with van der Waals surface area (Å²) >= 11 is 6.77. The molecule has 0 aliphatic carbocycles. The smallest absolute Gasteiger partial charge is 0.239 e. The molecule has 100 valence electrons. The number of methoxy groups -OCH3 is 1. The van der Waals surface area contributed by atoms with Gasteiger partial charge in [0.15, 0.2) is 0 Å². The van der Waals surface area contributed by atoms with Crippen molar-refractivity contribution < 1.29 is 4.74 Å². The minimum absolute atomic E-state index is 0.328. The number of benzene rings is 1. The van der Waals surface area contributed by atoms with Crippen LogP contribution in [0.15, 0.2) is 33.3 Å². The van der Waals surface area contributed by atoms with Crippen molar-refractivity contribution in [1.82, 2.24) is 9.97 Å². The lowest BCUT2D eigenvalue weighted by molar-refractivity contribution is 0.412. The van der Waals surface area contributed by atoms with Gasteiger partial charge in [-0.3, -0.25) is 5.43 Å². The van der Waals surface area contributed by atoms with Gasteiger partial charge >= 0.3 is 0 Å². The zero-order valence-electron chi connectivity index (χ0n) is 9.95. The third-order valence-corrected chi connectivity index (χ3v) is 3.52. The fourth-order valence-electron chi connectivity index (χ4n) is 1.40. The third-order valence-electron chi connectivity index (χ3n) is 2.29. The summed E-state index contributed by atoms with van der Waals surface area (Å²) in [6.07, 6.45) is 1.61. The highest BCUT2D eigenvalue weighted by atomic mass is 79.9. The maximum absolute atomic E-state index is 5.28. The van der Waals surface area contributed by atoms with Gasteiger partial charge < -0.3 is 10.1 Å². The van der Waals surface area contributed by atoms with E-state index in [9.17, 15) is 0 Å². The summed E-state index contributed by atoms with van der Waals surface area (Å²) in [6, 6.07) is 5.64. The van der Waals surface area contributed by atoms with E-state index in [0.29, 0.717) is 11.8 Å². The van der Waals surface area contributed by atoms with Crippen LogP contribution in [0.5, 0.6) is 5.75 Å². The van der Waals surface area contributed by atoms with Crippen LogP contribution in [0.2, 0.25) is 0 Å². The van der Waals surface area contributed by atoms with Crippen molar-refractivity contribution in [3.8, 4) is 5.75 Å². The van der Waals surface area contributed by atoms with Crippen molar-refractivity contribution >= 4 is 49.3 Å². The van der Waals surface area contributed by atoms with Crippen molar-refractivity contribution in [2.45, 2.75) is 0 Å². The fourth-order valence-corrected chi connectivity index (χ4v) is 2.10. The van der Waals surface area contributed by atoms with E-state index in [1.807, 2.05) is 18.2 Å². The SMILES string of the molecule is COc1cc(Nc2nc(NN)ncc2Br)ccc1Br. The Kier molecular flexibility index (Phi) is 4.56. The third kappa shape index (κ3) is 3.34. The molecule has 1 aromatic heterocycles. The molecule has 0 fully saturated rings. The van der Waals surface area contributed by atoms with Crippen molar-refractivity contribution in [2.24, 2.45) is 5.84 Å². The Hall–Kier alpha value is -1.38. The van der Waals surface area contributed by atoms with Crippen LogP contribution in [0.25, 0.3) is 0 Å². The average Bonchev–Trinajstić information content (AvgIpc) is 2.43. The highest BCUT2D eigenvalue weighted by molar-refractivity contribution is 9.11. The number of hydrogen-bond donors (Lipinski definition) is 3. The van der Waals surface area contributed by atoms with Gasteiger partial charge in [0.1, 0.15) is 11.6 Å². The number of nitrogens with zero attached hydrogens (tertiary/aromatic N) is 2. The van der Waals surface area contributed by atoms with Gasteiger partial charge in [-0.2, -0.15) is 4.98 Å². The van der Waals surface area contributed by atoms with Crippen LogP contribution in [0.1, 0.15) is 0 Å². The van der Waals surface area contributed by atoms with E-state index in [-0.39, 0.29) is 0 Å². The predicted octanol–water partition coefficient (Wildman–Crippen LogP) is 3.04. The minimum Gasteiger partial charge on any atom is -0.495 e. The molecule has 0 aliphatic heterocycles. The molecule has 2 rings (SSSR count). The fraction of sp³-hybridized carbons (Fsp3) is 0.0909. The molecule has 0 aliphatic rings. The molecule has 0 saturated carbocycles. The molecule has 4 N–H and O–H groups in total. The minimum atomic E-state index is 0.328. The molecule has 0 atom stereocenters. The maximum atomic E-state index is 5.28. The molecular formula is C11H11Br2N5O. The molecule has 8 heteroatoms. The van der Waals surface area contributed by atoms with E-state index >= 15 is 0 Å². The summed E-state index contributed by atoms with van der Waals surface area (Å²) in [6.45, 7) is 0. The topological polar surface area (TPSA) is 85.1 Å². The molecule has 0 saturated heterocycles. The molecule has 0 unspecified atom stereocenters. The Morgan fingerprint density at radius 1 is 1.26 bits per heavy atom. The van der Waals surface area contributed by atoms with Gasteiger partial charge in [-0.15, -0.1) is 0 Å². The molecule has 0 radical (unpaired) electrons. The van der Waals surface area contributed by atoms with Crippen LogP contribution in [0.3, 0.4) is 0 Å². The van der Waals surface area contributed by atoms with Crippen LogP contribution in [0.4, 0.5) is 17.5 Å². The number of halogens is 2. The van der Waals surface area contributed by atoms with Gasteiger partial charge in [-0.1, -0.05) is 0 Å². The zero-order chi connectivity index (χ0) is 13.8. The Morgan fingerprint density at radius 2 is 2.05 bits per heavy atom. The summed E-state index contributed by atoms with van der Waals surface area (Å²) in [5, 5.41) is 3.15. The molecule has 0 spiro atoms. The second kappa shape index (κ2) is 6.18. The largest absolute Gasteiger partial charge is 0.495 e. The van der Waals surface area contributed by atoms with Crippen LogP contribution in [-0.2, 0) is 0 Å². The summed E-state index contributed by atoms with van der Waals surface area (Å²) < 4.78 is 6.85. The highest BCUT2D eigenvalue weighted by Gasteiger charge is 2.07. The number of nitrogens with one attached hydrogen (secondary N) is 2. The summed E-state index contributed by atoms with van der Waals surface area (Å²) in [5.41, 5.74) is 3.23. The summed E-state index contributed by atoms with van der Waals surface area (Å²) in [7, 11) is 1.61. The average molecular weight is 389 g/mol. The van der Waals surface area contributed by atoms with Crippen LogP contribution >= 0.6 is 31.9 Å². The molecule has 1 heterocycles. The molecule has 0 amide bonds. The second-order valence-corrected chi connectivity index (χ2v) is 5.22. The van der Waals surface area contributed by atoms with Gasteiger partial charge in [0.05, 0.1) is 16.1 Å². The van der Waals surface area contributed by atoms with Crippen molar-refractivity contribution in [3.05, 3.63) is 33.3 Å². The summed E-state index contributed by atoms with van der Waals surface area (Å²) in [5.74, 6) is 6.94. The van der Waals surface area contributed by atoms with Crippen LogP contribution < -0.4 is 21.3 Å². The molecule has 0 bridgehead atoms. The quantitative estimate of drug-likeness (QED) is 0.551. The highest BCUT2D eigenvalue weighted by Crippen LogP contribution is 2.30.